The number of nitrogens with zero attached hydrogens (tertiary/aromatic N) is 2. The van der Waals surface area contributed by atoms with Crippen molar-refractivity contribution < 1.29 is 9.90 Å². The zero-order valence-electron chi connectivity index (χ0n) is 15.5. The second kappa shape index (κ2) is 8.57. The zero-order chi connectivity index (χ0) is 21.1. The zero-order valence-corrected chi connectivity index (χ0v) is 17.0. The molecule has 0 fully saturated rings. The summed E-state index contributed by atoms with van der Waals surface area (Å²) in [6.45, 7) is 0. The van der Waals surface area contributed by atoms with Gasteiger partial charge in [0.1, 0.15) is 0 Å². The summed E-state index contributed by atoms with van der Waals surface area (Å²) in [5.41, 5.74) is 2.35. The number of aromatic hydroxyl groups is 1. The number of hydrogen-bond donors (Lipinski definition) is 3. The molecular weight excluding hydrogens is 423 g/mol. The summed E-state index contributed by atoms with van der Waals surface area (Å²) in [5, 5.41) is 19.6. The molecule has 0 aliphatic carbocycles. The lowest BCUT2D eigenvalue weighted by atomic mass is 9.99. The van der Waals surface area contributed by atoms with Crippen LogP contribution < -0.4 is 5.32 Å². The van der Waals surface area contributed by atoms with Crippen LogP contribution in [0.2, 0.25) is 10.0 Å². The Bertz CT molecular complexity index is 1120. The van der Waals surface area contributed by atoms with Gasteiger partial charge in [0, 0.05) is 5.56 Å². The second-order valence-corrected chi connectivity index (χ2v) is 7.34. The molecule has 0 unspecified atom stereocenters. The van der Waals surface area contributed by atoms with Crippen molar-refractivity contribution >= 4 is 29.1 Å². The maximum absolute atomic E-state index is 12.9. The van der Waals surface area contributed by atoms with Gasteiger partial charge in [-0.25, -0.2) is 4.98 Å². The molecule has 0 atom stereocenters. The van der Waals surface area contributed by atoms with Crippen LogP contribution in [-0.2, 0) is 0 Å². The highest BCUT2D eigenvalue weighted by Gasteiger charge is 2.21. The molecule has 0 radical (unpaired) electrons. The number of phenolic OH excluding ortho intramolecular Hbond substituents is 1. The van der Waals surface area contributed by atoms with Gasteiger partial charge in [0.05, 0.1) is 16.1 Å². The summed E-state index contributed by atoms with van der Waals surface area (Å²) in [5.74, 6) is -0.353. The van der Waals surface area contributed by atoms with Crippen molar-refractivity contribution in [1.29, 1.82) is 0 Å². The number of hydrogen-bond acceptors (Lipinski definition) is 4. The fourth-order valence-electron chi connectivity index (χ4n) is 3.04. The molecule has 30 heavy (non-hydrogen) atoms. The molecule has 150 valence electrons. The SMILES string of the molecule is O=C(NC(c1ccccc1)c1ccccc1)c1nc(-c2cc(Cl)c(O)c(Cl)c2)n[nH]1. The Labute approximate surface area is 182 Å². The summed E-state index contributed by atoms with van der Waals surface area (Å²) in [6.07, 6.45) is 0. The molecule has 0 spiro atoms. The average molecular weight is 439 g/mol. The lowest BCUT2D eigenvalue weighted by Crippen LogP contribution is -2.30. The van der Waals surface area contributed by atoms with Crippen LogP contribution in [0.15, 0.2) is 72.8 Å². The molecule has 0 saturated heterocycles. The Hall–Kier alpha value is -3.35. The van der Waals surface area contributed by atoms with Gasteiger partial charge in [-0.3, -0.25) is 9.89 Å². The molecule has 4 rings (SSSR count). The van der Waals surface area contributed by atoms with E-state index in [1.165, 1.54) is 12.1 Å². The van der Waals surface area contributed by atoms with Crippen LogP contribution in [0.25, 0.3) is 11.4 Å². The molecule has 8 heteroatoms. The van der Waals surface area contributed by atoms with Gasteiger partial charge >= 0.3 is 0 Å². The van der Waals surface area contributed by atoms with Crippen LogP contribution in [-0.4, -0.2) is 26.2 Å². The smallest absolute Gasteiger partial charge is 0.289 e. The van der Waals surface area contributed by atoms with E-state index in [1.807, 2.05) is 60.7 Å². The Balaban J connectivity index is 1.61. The third-order valence-corrected chi connectivity index (χ3v) is 5.09. The first-order chi connectivity index (χ1) is 14.5. The number of rotatable bonds is 5. The first-order valence-electron chi connectivity index (χ1n) is 9.04. The van der Waals surface area contributed by atoms with E-state index >= 15 is 0 Å². The summed E-state index contributed by atoms with van der Waals surface area (Å²) >= 11 is 11.9. The number of phenols is 1. The van der Waals surface area contributed by atoms with Crippen LogP contribution in [0.1, 0.15) is 27.8 Å². The second-order valence-electron chi connectivity index (χ2n) is 6.52. The van der Waals surface area contributed by atoms with Crippen LogP contribution in [0.3, 0.4) is 0 Å². The van der Waals surface area contributed by atoms with Crippen molar-refractivity contribution in [3.63, 3.8) is 0 Å². The van der Waals surface area contributed by atoms with Crippen molar-refractivity contribution in [3.8, 4) is 17.1 Å². The van der Waals surface area contributed by atoms with Gasteiger partial charge in [-0.15, -0.1) is 0 Å². The minimum absolute atomic E-state index is 0.0437. The Morgan fingerprint density at radius 2 is 1.47 bits per heavy atom. The molecule has 4 aromatic rings. The van der Waals surface area contributed by atoms with Gasteiger partial charge < -0.3 is 10.4 Å². The van der Waals surface area contributed by atoms with Crippen molar-refractivity contribution in [2.45, 2.75) is 6.04 Å². The number of benzene rings is 3. The Kier molecular flexibility index (Phi) is 5.70. The van der Waals surface area contributed by atoms with Crippen LogP contribution in [0, 0.1) is 0 Å². The van der Waals surface area contributed by atoms with E-state index in [4.69, 9.17) is 23.2 Å². The Morgan fingerprint density at radius 1 is 0.933 bits per heavy atom. The molecule has 3 N–H and O–H groups in total. The molecule has 6 nitrogen and oxygen atoms in total. The summed E-state index contributed by atoms with van der Waals surface area (Å²) in [6, 6.07) is 21.9. The molecule has 0 aliphatic rings. The van der Waals surface area contributed by atoms with Gasteiger partial charge in [-0.2, -0.15) is 5.10 Å². The molecule has 0 aliphatic heterocycles. The van der Waals surface area contributed by atoms with E-state index in [-0.39, 0.29) is 33.5 Å². The quantitative estimate of drug-likeness (QED) is 0.408. The lowest BCUT2D eigenvalue weighted by molar-refractivity contribution is 0.0933. The minimum Gasteiger partial charge on any atom is -0.505 e. The first kappa shape index (κ1) is 19.9. The molecule has 0 bridgehead atoms. The fraction of sp³-hybridized carbons (Fsp3) is 0.0455. The Morgan fingerprint density at radius 3 is 2.00 bits per heavy atom. The summed E-state index contributed by atoms with van der Waals surface area (Å²) in [7, 11) is 0. The first-order valence-corrected chi connectivity index (χ1v) is 9.80. The van der Waals surface area contributed by atoms with Crippen LogP contribution >= 0.6 is 23.2 Å². The van der Waals surface area contributed by atoms with E-state index in [1.54, 1.807) is 0 Å². The number of nitrogens with one attached hydrogen (secondary N) is 2. The van der Waals surface area contributed by atoms with Crippen molar-refractivity contribution in [2.75, 3.05) is 0 Å². The maximum atomic E-state index is 12.9. The third kappa shape index (κ3) is 4.15. The van der Waals surface area contributed by atoms with Crippen molar-refractivity contribution in [2.24, 2.45) is 0 Å². The van der Waals surface area contributed by atoms with Crippen LogP contribution in [0.5, 0.6) is 5.75 Å². The number of carbonyl (C=O) groups is 1. The fourth-order valence-corrected chi connectivity index (χ4v) is 3.52. The number of aromatic nitrogens is 3. The van der Waals surface area contributed by atoms with E-state index in [2.05, 4.69) is 20.5 Å². The van der Waals surface area contributed by atoms with Gasteiger partial charge in [-0.05, 0) is 23.3 Å². The van der Waals surface area contributed by atoms with E-state index < -0.39 is 5.91 Å². The van der Waals surface area contributed by atoms with Crippen LogP contribution in [0.4, 0.5) is 0 Å². The van der Waals surface area contributed by atoms with Gasteiger partial charge in [-0.1, -0.05) is 83.9 Å². The highest BCUT2D eigenvalue weighted by Crippen LogP contribution is 2.35. The van der Waals surface area contributed by atoms with Crippen molar-refractivity contribution in [3.05, 3.63) is 99.8 Å². The predicted molar refractivity (Wildman–Crippen MR) is 116 cm³/mol. The highest BCUT2D eigenvalue weighted by atomic mass is 35.5. The lowest BCUT2D eigenvalue weighted by Gasteiger charge is -2.19. The molecule has 1 amide bonds. The topological polar surface area (TPSA) is 90.9 Å². The highest BCUT2D eigenvalue weighted by molar-refractivity contribution is 6.37. The molecule has 1 aromatic heterocycles. The largest absolute Gasteiger partial charge is 0.505 e. The molecular formula is C22H16Cl2N4O2. The summed E-state index contributed by atoms with van der Waals surface area (Å²) < 4.78 is 0. The minimum atomic E-state index is -0.414. The number of halogens is 2. The predicted octanol–water partition coefficient (Wildman–Crippen LogP) is 5.00. The number of aromatic amines is 1. The average Bonchev–Trinajstić information content (AvgIpc) is 3.27. The van der Waals surface area contributed by atoms with Gasteiger partial charge in [0.15, 0.2) is 11.6 Å². The third-order valence-electron chi connectivity index (χ3n) is 4.52. The van der Waals surface area contributed by atoms with E-state index in [0.717, 1.165) is 11.1 Å². The maximum Gasteiger partial charge on any atom is 0.289 e. The van der Waals surface area contributed by atoms with Crippen molar-refractivity contribution in [1.82, 2.24) is 20.5 Å². The molecule has 3 aromatic carbocycles. The van der Waals surface area contributed by atoms with Gasteiger partial charge in [0.2, 0.25) is 5.82 Å². The molecule has 1 heterocycles. The number of H-pyrrole nitrogens is 1. The van der Waals surface area contributed by atoms with E-state index in [0.29, 0.717) is 5.56 Å². The van der Waals surface area contributed by atoms with E-state index in [9.17, 15) is 9.90 Å². The number of carbonyl (C=O) groups excluding carboxylic acids is 1. The molecule has 0 saturated carbocycles. The standard InChI is InChI=1S/C22H16Cl2N4O2/c23-16-11-15(12-17(24)19(16)29)20-26-21(28-27-20)22(30)25-18(13-7-3-1-4-8-13)14-9-5-2-6-10-14/h1-12,18,29H,(H,25,30)(H,26,27,28). The summed E-state index contributed by atoms with van der Waals surface area (Å²) in [4.78, 5) is 17.2. The normalized spacial score (nSPS) is 10.9. The van der Waals surface area contributed by atoms with Gasteiger partial charge in [0.25, 0.3) is 5.91 Å². The number of amides is 1. The monoisotopic (exact) mass is 438 g/mol.